The Kier molecular flexibility index (Phi) is 8.94. The minimum Gasteiger partial charge on any atom is -0.493 e. The second-order valence-corrected chi connectivity index (χ2v) is 10.3. The highest BCUT2D eigenvalue weighted by molar-refractivity contribution is 7.87. The monoisotopic (exact) mass is 515 g/mol. The van der Waals surface area contributed by atoms with Crippen LogP contribution in [0.25, 0.3) is 11.1 Å². The molecule has 3 aromatic rings. The first-order chi connectivity index (χ1) is 17.1. The number of nitrogens with one attached hydrogen (secondary N) is 1. The molecule has 0 fully saturated rings. The highest BCUT2D eigenvalue weighted by Gasteiger charge is 2.22. The lowest BCUT2D eigenvalue weighted by Gasteiger charge is -2.19. The predicted octanol–water partition coefficient (Wildman–Crippen LogP) is 3.07. The van der Waals surface area contributed by atoms with Gasteiger partial charge in [-0.1, -0.05) is 26.0 Å². The molecule has 1 aromatic heterocycles. The van der Waals surface area contributed by atoms with Gasteiger partial charge in [-0.2, -0.15) is 13.4 Å². The number of aliphatic hydroxyl groups excluding tert-OH is 1. The molecule has 0 atom stereocenters. The van der Waals surface area contributed by atoms with Crippen LogP contribution in [-0.2, 0) is 16.5 Å². The van der Waals surface area contributed by atoms with Gasteiger partial charge in [0.1, 0.15) is 11.6 Å². The standard InChI is InChI=1S/C25H33N5O5S/c1-4-34-21-12-17(11-19-14-29-25(27)30-24(19)26)13-22(35-36(32,33)15-16(2)3)23(21)18-5-7-20(8-6-18)28-9-10-31/h5-8,12-14,16,28,31H,4,9-11,15H2,1-3H3,(H4,26,27,29,30). The number of nitrogens with two attached hydrogens (primary N) is 2. The van der Waals surface area contributed by atoms with Crippen molar-refractivity contribution in [2.75, 3.05) is 42.3 Å². The summed E-state index contributed by atoms with van der Waals surface area (Å²) in [4.78, 5) is 8.01. The molecule has 11 heteroatoms. The van der Waals surface area contributed by atoms with Crippen molar-refractivity contribution in [1.82, 2.24) is 9.97 Å². The fourth-order valence-electron chi connectivity index (χ4n) is 3.69. The number of hydrogen-bond acceptors (Lipinski definition) is 10. The number of hydrogen-bond donors (Lipinski definition) is 4. The summed E-state index contributed by atoms with van der Waals surface area (Å²) in [7, 11) is -3.88. The fourth-order valence-corrected chi connectivity index (χ4v) is 4.98. The zero-order chi connectivity index (χ0) is 26.3. The van der Waals surface area contributed by atoms with Gasteiger partial charge in [0.05, 0.1) is 24.5 Å². The molecule has 10 nitrogen and oxygen atoms in total. The van der Waals surface area contributed by atoms with E-state index in [2.05, 4.69) is 15.3 Å². The lowest BCUT2D eigenvalue weighted by Crippen LogP contribution is -2.18. The van der Waals surface area contributed by atoms with Crippen molar-refractivity contribution in [2.24, 2.45) is 5.92 Å². The first-order valence-electron chi connectivity index (χ1n) is 11.7. The van der Waals surface area contributed by atoms with E-state index in [0.29, 0.717) is 47.6 Å². The van der Waals surface area contributed by atoms with E-state index in [1.54, 1.807) is 12.3 Å². The fraction of sp³-hybridized carbons (Fsp3) is 0.360. The molecule has 0 saturated heterocycles. The average molecular weight is 516 g/mol. The van der Waals surface area contributed by atoms with Gasteiger partial charge < -0.3 is 30.8 Å². The van der Waals surface area contributed by atoms with Crippen LogP contribution in [0.5, 0.6) is 11.5 Å². The van der Waals surface area contributed by atoms with Crippen molar-refractivity contribution in [3.63, 3.8) is 0 Å². The largest absolute Gasteiger partial charge is 0.493 e. The second-order valence-electron chi connectivity index (χ2n) is 8.64. The van der Waals surface area contributed by atoms with Crippen molar-refractivity contribution in [1.29, 1.82) is 0 Å². The molecule has 6 N–H and O–H groups in total. The average Bonchev–Trinajstić information content (AvgIpc) is 2.79. The van der Waals surface area contributed by atoms with E-state index in [-0.39, 0.29) is 35.8 Å². The van der Waals surface area contributed by atoms with Crippen LogP contribution >= 0.6 is 0 Å². The summed E-state index contributed by atoms with van der Waals surface area (Å²) in [5.41, 5.74) is 15.0. The smallest absolute Gasteiger partial charge is 0.309 e. The summed E-state index contributed by atoms with van der Waals surface area (Å²) in [5, 5.41) is 12.1. The second kappa shape index (κ2) is 11.9. The molecule has 2 aromatic carbocycles. The Bertz CT molecular complexity index is 1280. The van der Waals surface area contributed by atoms with Gasteiger partial charge in [0.25, 0.3) is 0 Å². The molecular formula is C25H33N5O5S. The van der Waals surface area contributed by atoms with Gasteiger partial charge in [0, 0.05) is 30.4 Å². The van der Waals surface area contributed by atoms with Crippen LogP contribution in [-0.4, -0.2) is 49.0 Å². The van der Waals surface area contributed by atoms with E-state index in [4.69, 9.17) is 25.5 Å². The highest BCUT2D eigenvalue weighted by atomic mass is 32.2. The minimum atomic E-state index is -3.88. The van der Waals surface area contributed by atoms with Gasteiger partial charge in [0.2, 0.25) is 5.95 Å². The topological polar surface area (TPSA) is 163 Å². The molecule has 1 heterocycles. The van der Waals surface area contributed by atoms with E-state index in [1.165, 1.54) is 0 Å². The number of benzene rings is 2. The van der Waals surface area contributed by atoms with Crippen LogP contribution in [0.3, 0.4) is 0 Å². The van der Waals surface area contributed by atoms with Gasteiger partial charge in [0.15, 0.2) is 5.75 Å². The van der Waals surface area contributed by atoms with Crippen LogP contribution in [0.1, 0.15) is 31.9 Å². The van der Waals surface area contributed by atoms with Gasteiger partial charge in [-0.05, 0) is 48.2 Å². The first-order valence-corrected chi connectivity index (χ1v) is 13.2. The zero-order valence-corrected chi connectivity index (χ0v) is 21.5. The van der Waals surface area contributed by atoms with E-state index in [9.17, 15) is 8.42 Å². The summed E-state index contributed by atoms with van der Waals surface area (Å²) >= 11 is 0. The van der Waals surface area contributed by atoms with E-state index >= 15 is 0 Å². The Balaban J connectivity index is 2.12. The molecule has 0 amide bonds. The number of ether oxygens (including phenoxy) is 1. The molecule has 0 spiro atoms. The van der Waals surface area contributed by atoms with Crippen LogP contribution in [0, 0.1) is 5.92 Å². The van der Waals surface area contributed by atoms with Gasteiger partial charge in [-0.3, -0.25) is 0 Å². The number of rotatable bonds is 12. The lowest BCUT2D eigenvalue weighted by atomic mass is 9.98. The number of nitrogen functional groups attached to an aromatic ring is 2. The van der Waals surface area contributed by atoms with Crippen LogP contribution in [0.15, 0.2) is 42.6 Å². The van der Waals surface area contributed by atoms with E-state index < -0.39 is 10.1 Å². The van der Waals surface area contributed by atoms with Crippen molar-refractivity contribution in [3.8, 4) is 22.6 Å². The molecule has 0 radical (unpaired) electrons. The third-order valence-corrected chi connectivity index (χ3v) is 6.61. The normalized spacial score (nSPS) is 11.5. The molecule has 194 valence electrons. The van der Waals surface area contributed by atoms with Gasteiger partial charge in [-0.25, -0.2) is 4.98 Å². The van der Waals surface area contributed by atoms with Crippen molar-refractivity contribution in [2.45, 2.75) is 27.2 Å². The molecule has 36 heavy (non-hydrogen) atoms. The Morgan fingerprint density at radius 2 is 1.81 bits per heavy atom. The number of anilines is 3. The van der Waals surface area contributed by atoms with Crippen LogP contribution in [0.2, 0.25) is 0 Å². The predicted molar refractivity (Wildman–Crippen MR) is 142 cm³/mol. The molecule has 0 unspecified atom stereocenters. The number of aromatic nitrogens is 2. The lowest BCUT2D eigenvalue weighted by molar-refractivity contribution is 0.311. The third-order valence-electron chi connectivity index (χ3n) is 5.11. The SMILES string of the molecule is CCOc1cc(Cc2cnc(N)nc2N)cc(OS(=O)(=O)CC(C)C)c1-c1ccc(NCCO)cc1. The Labute approximate surface area is 211 Å². The Morgan fingerprint density at radius 3 is 2.42 bits per heavy atom. The molecule has 0 bridgehead atoms. The maximum Gasteiger partial charge on any atom is 0.309 e. The summed E-state index contributed by atoms with van der Waals surface area (Å²) in [6.07, 6.45) is 1.86. The summed E-state index contributed by atoms with van der Waals surface area (Å²) < 4.78 is 37.3. The van der Waals surface area contributed by atoms with Crippen LogP contribution in [0.4, 0.5) is 17.5 Å². The quantitative estimate of drug-likeness (QED) is 0.264. The van der Waals surface area contributed by atoms with Crippen molar-refractivity contribution >= 4 is 27.6 Å². The molecule has 3 rings (SSSR count). The van der Waals surface area contributed by atoms with E-state index in [0.717, 1.165) is 5.69 Å². The number of aliphatic hydroxyl groups is 1. The maximum atomic E-state index is 12.8. The minimum absolute atomic E-state index is 0.00691. The summed E-state index contributed by atoms with van der Waals surface area (Å²) in [6.45, 7) is 6.25. The Morgan fingerprint density at radius 1 is 1.11 bits per heavy atom. The highest BCUT2D eigenvalue weighted by Crippen LogP contribution is 2.41. The molecule has 0 aliphatic heterocycles. The summed E-state index contributed by atoms with van der Waals surface area (Å²) in [6, 6.07) is 10.9. The molecular weight excluding hydrogens is 482 g/mol. The van der Waals surface area contributed by atoms with Crippen LogP contribution < -0.4 is 25.7 Å². The Hall–Kier alpha value is -3.57. The third kappa shape index (κ3) is 7.22. The van der Waals surface area contributed by atoms with Gasteiger partial charge >= 0.3 is 10.1 Å². The summed E-state index contributed by atoms with van der Waals surface area (Å²) in [5.74, 6) is 0.686. The first kappa shape index (κ1) is 27.0. The number of nitrogens with zero attached hydrogens (tertiary/aromatic N) is 2. The van der Waals surface area contributed by atoms with Crippen molar-refractivity contribution in [3.05, 3.63) is 53.7 Å². The molecule has 0 saturated carbocycles. The van der Waals surface area contributed by atoms with Gasteiger partial charge in [-0.15, -0.1) is 0 Å². The maximum absolute atomic E-state index is 12.8. The van der Waals surface area contributed by atoms with E-state index in [1.807, 2.05) is 51.1 Å². The zero-order valence-electron chi connectivity index (χ0n) is 20.7. The van der Waals surface area contributed by atoms with Crippen molar-refractivity contribution < 1.29 is 22.4 Å². The molecule has 0 aliphatic carbocycles. The molecule has 0 aliphatic rings.